The van der Waals surface area contributed by atoms with E-state index in [0.29, 0.717) is 31.8 Å². The van der Waals surface area contributed by atoms with E-state index in [2.05, 4.69) is 53.4 Å². The largest absolute Gasteiger partial charge is 0.468 e. The maximum absolute atomic E-state index is 13.8. The van der Waals surface area contributed by atoms with Crippen molar-refractivity contribution in [3.8, 4) is 0 Å². The van der Waals surface area contributed by atoms with E-state index in [9.17, 15) is 28.8 Å². The fraction of sp³-hybridized carbons (Fsp3) is 0.882. The molecule has 0 radical (unpaired) electrons. The van der Waals surface area contributed by atoms with Gasteiger partial charge >= 0.3 is 35.8 Å². The lowest BCUT2D eigenvalue weighted by Gasteiger charge is -2.32. The van der Waals surface area contributed by atoms with Gasteiger partial charge in [0.2, 0.25) is 0 Å². The van der Waals surface area contributed by atoms with Crippen LogP contribution in [-0.4, -0.2) is 100 Å². The molecular formula is C51H93NO12. The second-order valence-electron chi connectivity index (χ2n) is 18.2. The topological polar surface area (TPSA) is 161 Å². The van der Waals surface area contributed by atoms with Gasteiger partial charge in [-0.3, -0.25) is 28.8 Å². The van der Waals surface area contributed by atoms with Gasteiger partial charge in [0.1, 0.15) is 31.8 Å². The molecule has 374 valence electrons. The minimum absolute atomic E-state index is 0.0984. The molecule has 13 heteroatoms. The number of carbonyl (C=O) groups is 6. The average molecular weight is 912 g/mol. The Morgan fingerprint density at radius 2 is 0.828 bits per heavy atom. The lowest BCUT2D eigenvalue weighted by Crippen LogP contribution is -2.45. The number of hydrogen-bond acceptors (Lipinski definition) is 13. The smallest absolute Gasteiger partial charge is 0.320 e. The molecule has 0 spiro atoms. The molecule has 13 nitrogen and oxygen atoms in total. The number of methoxy groups -OCH3 is 2. The van der Waals surface area contributed by atoms with E-state index in [0.717, 1.165) is 122 Å². The van der Waals surface area contributed by atoms with E-state index >= 15 is 0 Å². The van der Waals surface area contributed by atoms with Crippen LogP contribution in [-0.2, 0) is 57.2 Å². The predicted octanol–water partition coefficient (Wildman–Crippen LogP) is 10.9. The van der Waals surface area contributed by atoms with Crippen molar-refractivity contribution < 1.29 is 57.2 Å². The van der Waals surface area contributed by atoms with Crippen LogP contribution in [0.1, 0.15) is 209 Å². The van der Waals surface area contributed by atoms with Gasteiger partial charge in [0.05, 0.1) is 14.2 Å². The van der Waals surface area contributed by atoms with Gasteiger partial charge in [-0.1, -0.05) is 150 Å². The van der Waals surface area contributed by atoms with E-state index in [4.69, 9.17) is 28.4 Å². The van der Waals surface area contributed by atoms with Crippen LogP contribution in [0, 0.1) is 23.2 Å². The molecule has 0 fully saturated rings. The molecule has 0 heterocycles. The Hall–Kier alpha value is -3.22. The molecule has 0 aliphatic carbocycles. The summed E-state index contributed by atoms with van der Waals surface area (Å²) in [5.41, 5.74) is -1.58. The summed E-state index contributed by atoms with van der Waals surface area (Å²) in [4.78, 5) is 82.7. The first kappa shape index (κ1) is 60.8. The Bertz CT molecular complexity index is 1190. The fourth-order valence-corrected chi connectivity index (χ4v) is 7.86. The Balaban J connectivity index is 6.77. The maximum atomic E-state index is 13.8. The average Bonchev–Trinajstić information content (AvgIpc) is 3.28. The lowest BCUT2D eigenvalue weighted by atomic mass is 9.91. The van der Waals surface area contributed by atoms with E-state index in [1.165, 1.54) is 14.2 Å². The number of unbranched alkanes of at least 4 members (excludes halogenated alkanes) is 14. The van der Waals surface area contributed by atoms with Crippen LogP contribution in [0.5, 0.6) is 0 Å². The van der Waals surface area contributed by atoms with Gasteiger partial charge in [0.25, 0.3) is 0 Å². The van der Waals surface area contributed by atoms with Crippen molar-refractivity contribution in [3.05, 3.63) is 0 Å². The first-order chi connectivity index (χ1) is 30.8. The van der Waals surface area contributed by atoms with Crippen LogP contribution in [0.2, 0.25) is 0 Å². The van der Waals surface area contributed by atoms with Crippen LogP contribution in [0.15, 0.2) is 0 Å². The molecule has 0 aromatic rings. The summed E-state index contributed by atoms with van der Waals surface area (Å²) in [7, 11) is 2.43. The number of nitrogens with zero attached hydrogens (tertiary/aromatic N) is 1. The summed E-state index contributed by atoms with van der Waals surface area (Å²) >= 11 is 0. The van der Waals surface area contributed by atoms with Gasteiger partial charge in [0, 0.05) is 18.9 Å². The standard InChI is InChI=1S/C51H93NO12/c1-10-15-19-21-23-27-32-43(47(55)59-8)49(57)63-39-51(37-61-45(53)34-29-35-52(14-5)41(6)7,38-62-46(54)36-42(30-25-17-12-3)31-26-18-13-4)40-64-50(58)44(48(56)60-9)33-28-24-22-20-16-11-2/h41-44H,10-40H2,1-9H3. The van der Waals surface area contributed by atoms with Crippen LogP contribution in [0.3, 0.4) is 0 Å². The molecule has 0 saturated heterocycles. The SMILES string of the molecule is CCCCCCCCC(C(=O)OC)C(=O)OCC(COC(=O)CCCN(CC)C(C)C)(COC(=O)CC(CCCCC)CCCCC)COC(=O)C(CCCCCCCC)C(=O)OC. The summed E-state index contributed by atoms with van der Waals surface area (Å²) in [6.45, 7) is 14.4. The van der Waals surface area contributed by atoms with Gasteiger partial charge in [0.15, 0.2) is 11.8 Å². The van der Waals surface area contributed by atoms with Gasteiger partial charge < -0.3 is 33.3 Å². The molecule has 0 aromatic carbocycles. The summed E-state index contributed by atoms with van der Waals surface area (Å²) in [5, 5.41) is 0. The molecular weight excluding hydrogens is 819 g/mol. The molecule has 0 rings (SSSR count). The highest BCUT2D eigenvalue weighted by molar-refractivity contribution is 5.95. The molecule has 2 atom stereocenters. The quantitative estimate of drug-likeness (QED) is 0.0246. The predicted molar refractivity (Wildman–Crippen MR) is 251 cm³/mol. The Kier molecular flexibility index (Phi) is 37.0. The molecule has 0 aromatic heterocycles. The number of carbonyl (C=O) groups excluding carboxylic acids is 6. The third-order valence-corrected chi connectivity index (χ3v) is 12.2. The molecule has 0 amide bonds. The molecule has 0 bridgehead atoms. The third-order valence-electron chi connectivity index (χ3n) is 12.2. The van der Waals surface area contributed by atoms with Gasteiger partial charge in [-0.05, 0) is 65.0 Å². The molecule has 0 aliphatic rings. The van der Waals surface area contributed by atoms with E-state index in [1.807, 2.05) is 0 Å². The van der Waals surface area contributed by atoms with Crippen molar-refractivity contribution in [1.29, 1.82) is 0 Å². The van der Waals surface area contributed by atoms with Crippen molar-refractivity contribution in [2.24, 2.45) is 23.2 Å². The Morgan fingerprint density at radius 3 is 1.23 bits per heavy atom. The number of esters is 6. The van der Waals surface area contributed by atoms with E-state index in [-0.39, 0.29) is 31.6 Å². The van der Waals surface area contributed by atoms with E-state index < -0.39 is 79.5 Å². The minimum Gasteiger partial charge on any atom is -0.468 e. The second-order valence-corrected chi connectivity index (χ2v) is 18.2. The Morgan fingerprint density at radius 1 is 0.453 bits per heavy atom. The third kappa shape index (κ3) is 28.6. The zero-order valence-corrected chi connectivity index (χ0v) is 42.1. The van der Waals surface area contributed by atoms with Crippen molar-refractivity contribution >= 4 is 35.8 Å². The number of ether oxygens (including phenoxy) is 6. The maximum Gasteiger partial charge on any atom is 0.320 e. The van der Waals surface area contributed by atoms with Gasteiger partial charge in [-0.25, -0.2) is 0 Å². The van der Waals surface area contributed by atoms with Crippen molar-refractivity contribution in [2.45, 2.75) is 215 Å². The van der Waals surface area contributed by atoms with E-state index in [1.54, 1.807) is 0 Å². The molecule has 0 aliphatic heterocycles. The van der Waals surface area contributed by atoms with Crippen LogP contribution in [0.25, 0.3) is 0 Å². The second kappa shape index (κ2) is 39.0. The molecule has 0 N–H and O–H groups in total. The van der Waals surface area contributed by atoms with Gasteiger partial charge in [-0.2, -0.15) is 0 Å². The summed E-state index contributed by atoms with van der Waals surface area (Å²) in [6, 6.07) is 0.301. The van der Waals surface area contributed by atoms with Crippen molar-refractivity contribution in [2.75, 3.05) is 53.7 Å². The van der Waals surface area contributed by atoms with Crippen LogP contribution >= 0.6 is 0 Å². The zero-order chi connectivity index (χ0) is 48.0. The first-order valence-corrected chi connectivity index (χ1v) is 25.3. The summed E-state index contributed by atoms with van der Waals surface area (Å²) in [5.74, 6) is -6.44. The summed E-state index contributed by atoms with van der Waals surface area (Å²) < 4.78 is 33.6. The summed E-state index contributed by atoms with van der Waals surface area (Å²) in [6.07, 6.45) is 20.6. The molecule has 0 saturated carbocycles. The Labute approximate surface area is 388 Å². The van der Waals surface area contributed by atoms with Crippen molar-refractivity contribution in [1.82, 2.24) is 4.90 Å². The fourth-order valence-electron chi connectivity index (χ4n) is 7.86. The first-order valence-electron chi connectivity index (χ1n) is 25.3. The van der Waals surface area contributed by atoms with Crippen LogP contribution < -0.4 is 0 Å². The van der Waals surface area contributed by atoms with Crippen molar-refractivity contribution in [3.63, 3.8) is 0 Å². The highest BCUT2D eigenvalue weighted by Crippen LogP contribution is 2.27. The molecule has 64 heavy (non-hydrogen) atoms. The highest BCUT2D eigenvalue weighted by atomic mass is 16.6. The monoisotopic (exact) mass is 912 g/mol. The lowest BCUT2D eigenvalue weighted by molar-refractivity contribution is -0.176. The number of hydrogen-bond donors (Lipinski definition) is 0. The van der Waals surface area contributed by atoms with Crippen LogP contribution in [0.4, 0.5) is 0 Å². The highest BCUT2D eigenvalue weighted by Gasteiger charge is 2.41. The normalized spacial score (nSPS) is 13.3. The number of rotatable bonds is 42. The van der Waals surface area contributed by atoms with Gasteiger partial charge in [-0.15, -0.1) is 0 Å². The molecule has 2 unspecified atom stereocenters. The minimum atomic E-state index is -1.58. The zero-order valence-electron chi connectivity index (χ0n) is 42.1.